The number of hydrogen-bond donors (Lipinski definition) is 0. The first-order chi connectivity index (χ1) is 8.54. The lowest BCUT2D eigenvalue weighted by atomic mass is 10.2. The Hall–Kier alpha value is -1.22. The van der Waals surface area contributed by atoms with E-state index in [1.165, 1.54) is 0 Å². The Kier molecular flexibility index (Phi) is 5.99. The van der Waals surface area contributed by atoms with Crippen LogP contribution in [0.25, 0.3) is 0 Å². The molecule has 0 N–H and O–H groups in total. The highest BCUT2D eigenvalue weighted by atomic mass is 35.5. The second kappa shape index (κ2) is 7.27. The van der Waals surface area contributed by atoms with Gasteiger partial charge in [0.1, 0.15) is 11.1 Å². The van der Waals surface area contributed by atoms with Gasteiger partial charge in [-0.3, -0.25) is 4.79 Å². The van der Waals surface area contributed by atoms with Gasteiger partial charge in [-0.25, -0.2) is 0 Å². The van der Waals surface area contributed by atoms with E-state index in [1.807, 2.05) is 24.3 Å². The predicted molar refractivity (Wildman–Crippen MR) is 74.0 cm³/mol. The summed E-state index contributed by atoms with van der Waals surface area (Å²) in [6, 6.07) is 7.78. The van der Waals surface area contributed by atoms with E-state index in [1.54, 1.807) is 18.9 Å². The number of alkyl halides is 1. The second-order valence-electron chi connectivity index (χ2n) is 4.30. The number of rotatable bonds is 6. The highest BCUT2D eigenvalue weighted by Gasteiger charge is 2.14. The monoisotopic (exact) mass is 269 g/mol. The molecule has 1 atom stereocenters. The van der Waals surface area contributed by atoms with Gasteiger partial charge in [0.2, 0.25) is 5.91 Å². The molecule has 1 aromatic rings. The molecule has 1 rings (SSSR count). The molecule has 0 aliphatic rings. The van der Waals surface area contributed by atoms with E-state index in [0.717, 1.165) is 24.3 Å². The predicted octanol–water partition coefficient (Wildman–Crippen LogP) is 3.06. The smallest absolute Gasteiger partial charge is 0.240 e. The van der Waals surface area contributed by atoms with Gasteiger partial charge in [-0.05, 0) is 31.0 Å². The minimum absolute atomic E-state index is 0.0667. The highest BCUT2D eigenvalue weighted by Crippen LogP contribution is 2.14. The van der Waals surface area contributed by atoms with Gasteiger partial charge in [0, 0.05) is 13.6 Å². The summed E-state index contributed by atoms with van der Waals surface area (Å²) >= 11 is 5.76. The van der Waals surface area contributed by atoms with Crippen LogP contribution in [0, 0.1) is 0 Å². The van der Waals surface area contributed by atoms with Gasteiger partial charge in [-0.1, -0.05) is 19.1 Å². The minimum atomic E-state index is -0.484. The Labute approximate surface area is 114 Å². The normalized spacial score (nSPS) is 12.0. The van der Waals surface area contributed by atoms with Crippen LogP contribution in [0.5, 0.6) is 5.75 Å². The maximum absolute atomic E-state index is 11.6. The van der Waals surface area contributed by atoms with Crippen molar-refractivity contribution in [1.82, 2.24) is 4.90 Å². The molecule has 3 nitrogen and oxygen atoms in total. The Morgan fingerprint density at radius 2 is 2.00 bits per heavy atom. The number of carbonyl (C=O) groups excluding carboxylic acids is 1. The topological polar surface area (TPSA) is 29.5 Å². The molecule has 0 spiro atoms. The average Bonchev–Trinajstić information content (AvgIpc) is 2.36. The molecule has 0 aliphatic heterocycles. The van der Waals surface area contributed by atoms with E-state index in [-0.39, 0.29) is 5.91 Å². The van der Waals surface area contributed by atoms with Gasteiger partial charge in [0.05, 0.1) is 6.61 Å². The molecular weight excluding hydrogens is 250 g/mol. The summed E-state index contributed by atoms with van der Waals surface area (Å²) in [7, 11) is 1.75. The van der Waals surface area contributed by atoms with Crippen molar-refractivity contribution in [3.63, 3.8) is 0 Å². The summed E-state index contributed by atoms with van der Waals surface area (Å²) in [5, 5.41) is -0.484. The summed E-state index contributed by atoms with van der Waals surface area (Å²) in [6.07, 6.45) is 0.993. The van der Waals surface area contributed by atoms with Crippen LogP contribution in [0.15, 0.2) is 24.3 Å². The van der Waals surface area contributed by atoms with Crippen molar-refractivity contribution in [2.24, 2.45) is 0 Å². The summed E-state index contributed by atoms with van der Waals surface area (Å²) in [5.74, 6) is 0.795. The van der Waals surface area contributed by atoms with E-state index in [4.69, 9.17) is 16.3 Å². The van der Waals surface area contributed by atoms with Crippen molar-refractivity contribution in [3.05, 3.63) is 29.8 Å². The lowest BCUT2D eigenvalue weighted by Gasteiger charge is -2.18. The number of ether oxygens (including phenoxy) is 1. The zero-order chi connectivity index (χ0) is 13.5. The van der Waals surface area contributed by atoms with Crippen LogP contribution in [0.4, 0.5) is 0 Å². The number of nitrogens with zero attached hydrogens (tertiary/aromatic N) is 1. The van der Waals surface area contributed by atoms with Gasteiger partial charge in [0.15, 0.2) is 0 Å². The van der Waals surface area contributed by atoms with Crippen LogP contribution >= 0.6 is 11.6 Å². The van der Waals surface area contributed by atoms with E-state index in [0.29, 0.717) is 6.54 Å². The van der Waals surface area contributed by atoms with Crippen LogP contribution in [0.1, 0.15) is 25.8 Å². The van der Waals surface area contributed by atoms with Gasteiger partial charge in [-0.2, -0.15) is 0 Å². The quantitative estimate of drug-likeness (QED) is 0.743. The lowest BCUT2D eigenvalue weighted by Crippen LogP contribution is -2.31. The van der Waals surface area contributed by atoms with Crippen molar-refractivity contribution >= 4 is 17.5 Å². The van der Waals surface area contributed by atoms with E-state index in [2.05, 4.69) is 6.92 Å². The summed E-state index contributed by atoms with van der Waals surface area (Å²) in [5.41, 5.74) is 1.06. The fraction of sp³-hybridized carbons (Fsp3) is 0.500. The Morgan fingerprint density at radius 1 is 1.39 bits per heavy atom. The minimum Gasteiger partial charge on any atom is -0.494 e. The van der Waals surface area contributed by atoms with E-state index < -0.39 is 5.38 Å². The van der Waals surface area contributed by atoms with Crippen molar-refractivity contribution in [1.29, 1.82) is 0 Å². The summed E-state index contributed by atoms with van der Waals surface area (Å²) in [6.45, 7) is 5.04. The molecule has 18 heavy (non-hydrogen) atoms. The first-order valence-corrected chi connectivity index (χ1v) is 6.59. The molecule has 0 saturated carbocycles. The maximum atomic E-state index is 11.6. The van der Waals surface area contributed by atoms with Crippen LogP contribution in [-0.4, -0.2) is 29.8 Å². The fourth-order valence-corrected chi connectivity index (χ4v) is 1.73. The number of carbonyl (C=O) groups is 1. The third-order valence-corrected chi connectivity index (χ3v) is 2.72. The number of halogens is 1. The standard InChI is InChI=1S/C14H20ClNO2/c1-4-9-18-13-7-5-12(6-8-13)10-16(3)14(17)11(2)15/h5-8,11H,4,9-10H2,1-3H3. The molecule has 0 aromatic heterocycles. The van der Waals surface area contributed by atoms with Gasteiger partial charge in [0.25, 0.3) is 0 Å². The van der Waals surface area contributed by atoms with Gasteiger partial charge in [-0.15, -0.1) is 11.6 Å². The lowest BCUT2D eigenvalue weighted by molar-refractivity contribution is -0.129. The molecule has 0 aliphatic carbocycles. The molecule has 0 fully saturated rings. The Bertz CT molecular complexity index is 376. The largest absolute Gasteiger partial charge is 0.494 e. The molecule has 4 heteroatoms. The van der Waals surface area contributed by atoms with Crippen LogP contribution in [0.3, 0.4) is 0 Å². The number of benzene rings is 1. The van der Waals surface area contributed by atoms with Crippen LogP contribution < -0.4 is 4.74 Å². The van der Waals surface area contributed by atoms with Crippen molar-refractivity contribution in [2.75, 3.05) is 13.7 Å². The van der Waals surface area contributed by atoms with E-state index in [9.17, 15) is 4.79 Å². The van der Waals surface area contributed by atoms with Crippen LogP contribution in [0.2, 0.25) is 0 Å². The molecule has 0 heterocycles. The first-order valence-electron chi connectivity index (χ1n) is 6.15. The fourth-order valence-electron chi connectivity index (χ4n) is 1.57. The van der Waals surface area contributed by atoms with Gasteiger partial charge >= 0.3 is 0 Å². The molecule has 1 aromatic carbocycles. The van der Waals surface area contributed by atoms with E-state index >= 15 is 0 Å². The molecule has 1 amide bonds. The zero-order valence-electron chi connectivity index (χ0n) is 11.1. The van der Waals surface area contributed by atoms with Crippen molar-refractivity contribution in [2.45, 2.75) is 32.2 Å². The number of hydrogen-bond acceptors (Lipinski definition) is 2. The molecule has 100 valence electrons. The molecule has 1 unspecified atom stereocenters. The van der Waals surface area contributed by atoms with Gasteiger partial charge < -0.3 is 9.64 Å². The van der Waals surface area contributed by atoms with Crippen LogP contribution in [-0.2, 0) is 11.3 Å². The SMILES string of the molecule is CCCOc1ccc(CN(C)C(=O)C(C)Cl)cc1. The Morgan fingerprint density at radius 3 is 2.50 bits per heavy atom. The molecule has 0 saturated heterocycles. The first kappa shape index (κ1) is 14.8. The third-order valence-electron chi connectivity index (χ3n) is 2.53. The highest BCUT2D eigenvalue weighted by molar-refractivity contribution is 6.30. The van der Waals surface area contributed by atoms with Crippen molar-refractivity contribution < 1.29 is 9.53 Å². The molecule has 0 bridgehead atoms. The third kappa shape index (κ3) is 4.57. The maximum Gasteiger partial charge on any atom is 0.240 e. The molecular formula is C14H20ClNO2. The average molecular weight is 270 g/mol. The summed E-state index contributed by atoms with van der Waals surface area (Å²) in [4.78, 5) is 13.2. The summed E-state index contributed by atoms with van der Waals surface area (Å²) < 4.78 is 5.50. The Balaban J connectivity index is 2.55. The second-order valence-corrected chi connectivity index (χ2v) is 4.96. The zero-order valence-corrected chi connectivity index (χ0v) is 11.9. The van der Waals surface area contributed by atoms with Crippen molar-refractivity contribution in [3.8, 4) is 5.75 Å². The molecule has 0 radical (unpaired) electrons. The number of amides is 1.